The first-order valence-electron chi connectivity index (χ1n) is 10.6. The summed E-state index contributed by atoms with van der Waals surface area (Å²) >= 11 is 3.11. The standard InChI is InChI=1S/C25H25N3O3S2/c1-6-31-25(30)18-7-9-19(10-8-18)28-14(2)11-20(16(28)4)21(29)12-32-23-22-15(3)17(5)33-24(22)27-13-26-23/h7-11,13H,6,12H2,1-5H3. The van der Waals surface area contributed by atoms with Gasteiger partial charge in [-0.3, -0.25) is 4.79 Å². The zero-order valence-electron chi connectivity index (χ0n) is 19.3. The summed E-state index contributed by atoms with van der Waals surface area (Å²) in [6.45, 7) is 10.2. The molecular formula is C25H25N3O3S2. The number of thioether (sulfide) groups is 1. The Labute approximate surface area is 201 Å². The van der Waals surface area contributed by atoms with Crippen LogP contribution >= 0.6 is 23.1 Å². The van der Waals surface area contributed by atoms with Crippen LogP contribution in [0.1, 0.15) is 49.5 Å². The molecule has 0 amide bonds. The number of fused-ring (bicyclic) bond motifs is 1. The zero-order valence-corrected chi connectivity index (χ0v) is 20.9. The van der Waals surface area contributed by atoms with E-state index in [0.717, 1.165) is 32.3 Å². The van der Waals surface area contributed by atoms with E-state index in [0.29, 0.717) is 23.5 Å². The quantitative estimate of drug-likeness (QED) is 0.143. The van der Waals surface area contributed by atoms with Crippen LogP contribution in [0.15, 0.2) is 41.7 Å². The SMILES string of the molecule is CCOC(=O)c1ccc(-n2c(C)cc(C(=O)CSc3ncnc4sc(C)c(C)c34)c2C)cc1. The predicted molar refractivity (Wildman–Crippen MR) is 133 cm³/mol. The van der Waals surface area contributed by atoms with Gasteiger partial charge in [-0.1, -0.05) is 11.8 Å². The lowest BCUT2D eigenvalue weighted by molar-refractivity contribution is 0.0526. The van der Waals surface area contributed by atoms with E-state index in [9.17, 15) is 9.59 Å². The smallest absolute Gasteiger partial charge is 0.338 e. The number of aromatic nitrogens is 3. The first kappa shape index (κ1) is 23.2. The molecule has 0 unspecified atom stereocenters. The van der Waals surface area contributed by atoms with Gasteiger partial charge < -0.3 is 9.30 Å². The summed E-state index contributed by atoms with van der Waals surface area (Å²) in [5.41, 5.74) is 5.10. The maximum Gasteiger partial charge on any atom is 0.338 e. The van der Waals surface area contributed by atoms with Crippen LogP contribution in [0.2, 0.25) is 0 Å². The number of nitrogens with zero attached hydrogens (tertiary/aromatic N) is 3. The molecule has 8 heteroatoms. The Bertz CT molecular complexity index is 1350. The molecule has 0 aliphatic carbocycles. The van der Waals surface area contributed by atoms with Crippen molar-refractivity contribution in [3.63, 3.8) is 0 Å². The number of aryl methyl sites for hydroxylation is 3. The summed E-state index contributed by atoms with van der Waals surface area (Å²) in [6, 6.07) is 9.15. The number of hydrogen-bond donors (Lipinski definition) is 0. The molecule has 0 aliphatic heterocycles. The molecule has 0 bridgehead atoms. The molecule has 0 atom stereocenters. The molecule has 0 fully saturated rings. The second-order valence-corrected chi connectivity index (χ2v) is 9.91. The van der Waals surface area contributed by atoms with Crippen LogP contribution in [0.3, 0.4) is 0 Å². The van der Waals surface area contributed by atoms with Crippen molar-refractivity contribution in [2.45, 2.75) is 39.6 Å². The number of thiophene rings is 1. The molecule has 33 heavy (non-hydrogen) atoms. The van der Waals surface area contributed by atoms with Crippen LogP contribution in [0.25, 0.3) is 15.9 Å². The second kappa shape index (κ2) is 9.49. The van der Waals surface area contributed by atoms with Crippen LogP contribution < -0.4 is 0 Å². The highest BCUT2D eigenvalue weighted by molar-refractivity contribution is 8.00. The number of carbonyl (C=O) groups is 2. The summed E-state index contributed by atoms with van der Waals surface area (Å²) in [5, 5.41) is 1.89. The number of ether oxygens (including phenoxy) is 1. The highest BCUT2D eigenvalue weighted by Gasteiger charge is 2.19. The second-order valence-electron chi connectivity index (χ2n) is 7.74. The van der Waals surface area contributed by atoms with Gasteiger partial charge in [-0.15, -0.1) is 11.3 Å². The lowest BCUT2D eigenvalue weighted by Crippen LogP contribution is -2.07. The molecule has 4 aromatic rings. The van der Waals surface area contributed by atoms with E-state index in [1.54, 1.807) is 36.7 Å². The number of rotatable bonds is 7. The topological polar surface area (TPSA) is 74.1 Å². The van der Waals surface area contributed by atoms with E-state index in [-0.39, 0.29) is 11.8 Å². The third kappa shape index (κ3) is 4.45. The highest BCUT2D eigenvalue weighted by Crippen LogP contribution is 2.35. The van der Waals surface area contributed by atoms with Gasteiger partial charge in [0.1, 0.15) is 16.2 Å². The predicted octanol–water partition coefficient (Wildman–Crippen LogP) is 5.87. The maximum absolute atomic E-state index is 13.1. The number of hydrogen-bond acceptors (Lipinski definition) is 7. The molecular weight excluding hydrogens is 454 g/mol. The molecule has 6 nitrogen and oxygen atoms in total. The summed E-state index contributed by atoms with van der Waals surface area (Å²) in [4.78, 5) is 36.1. The van der Waals surface area contributed by atoms with Crippen molar-refractivity contribution in [1.82, 2.24) is 14.5 Å². The van der Waals surface area contributed by atoms with Crippen molar-refractivity contribution in [1.29, 1.82) is 0 Å². The monoisotopic (exact) mass is 479 g/mol. The molecule has 0 spiro atoms. The Kier molecular flexibility index (Phi) is 6.67. The van der Waals surface area contributed by atoms with E-state index in [2.05, 4.69) is 23.8 Å². The fraction of sp³-hybridized carbons (Fsp3) is 0.280. The molecule has 0 aliphatic rings. The van der Waals surface area contributed by atoms with Crippen molar-refractivity contribution in [3.8, 4) is 5.69 Å². The average molecular weight is 480 g/mol. The summed E-state index contributed by atoms with van der Waals surface area (Å²) in [7, 11) is 0. The first-order chi connectivity index (χ1) is 15.8. The van der Waals surface area contributed by atoms with Gasteiger partial charge in [0.25, 0.3) is 0 Å². The fourth-order valence-corrected chi connectivity index (χ4v) is 5.88. The van der Waals surface area contributed by atoms with Crippen molar-refractivity contribution in [2.24, 2.45) is 0 Å². The van der Waals surface area contributed by atoms with E-state index in [4.69, 9.17) is 4.74 Å². The summed E-state index contributed by atoms with van der Waals surface area (Å²) in [6.07, 6.45) is 1.57. The van der Waals surface area contributed by atoms with E-state index in [1.165, 1.54) is 22.2 Å². The Hall–Kier alpha value is -2.97. The molecule has 0 N–H and O–H groups in total. The van der Waals surface area contributed by atoms with Crippen LogP contribution in [0, 0.1) is 27.7 Å². The van der Waals surface area contributed by atoms with E-state index in [1.807, 2.05) is 36.6 Å². The van der Waals surface area contributed by atoms with Gasteiger partial charge in [0.15, 0.2) is 5.78 Å². The molecule has 170 valence electrons. The van der Waals surface area contributed by atoms with Gasteiger partial charge in [0, 0.05) is 32.9 Å². The Morgan fingerprint density at radius 1 is 1.09 bits per heavy atom. The van der Waals surface area contributed by atoms with Crippen molar-refractivity contribution in [3.05, 3.63) is 69.6 Å². The number of carbonyl (C=O) groups excluding carboxylic acids is 2. The van der Waals surface area contributed by atoms with Crippen LogP contribution in [-0.4, -0.2) is 38.6 Å². The van der Waals surface area contributed by atoms with Gasteiger partial charge >= 0.3 is 5.97 Å². The number of benzene rings is 1. The largest absolute Gasteiger partial charge is 0.462 e. The fourth-order valence-electron chi connectivity index (χ4n) is 3.87. The van der Waals surface area contributed by atoms with Gasteiger partial charge in [0.05, 0.1) is 17.9 Å². The highest BCUT2D eigenvalue weighted by atomic mass is 32.2. The molecule has 0 saturated carbocycles. The lowest BCUT2D eigenvalue weighted by atomic mass is 10.2. The third-order valence-electron chi connectivity index (χ3n) is 5.64. The lowest BCUT2D eigenvalue weighted by Gasteiger charge is -2.11. The summed E-state index contributed by atoms with van der Waals surface area (Å²) < 4.78 is 7.08. The molecule has 0 saturated heterocycles. The van der Waals surface area contributed by atoms with E-state index < -0.39 is 0 Å². The van der Waals surface area contributed by atoms with Gasteiger partial charge in [-0.25, -0.2) is 14.8 Å². The van der Waals surface area contributed by atoms with Crippen molar-refractivity contribution < 1.29 is 14.3 Å². The van der Waals surface area contributed by atoms with Crippen molar-refractivity contribution in [2.75, 3.05) is 12.4 Å². The van der Waals surface area contributed by atoms with Gasteiger partial charge in [-0.05, 0) is 70.5 Å². The minimum absolute atomic E-state index is 0.0545. The summed E-state index contributed by atoms with van der Waals surface area (Å²) in [5.74, 6) is 0.0126. The molecule has 3 heterocycles. The molecule has 0 radical (unpaired) electrons. The van der Waals surface area contributed by atoms with Gasteiger partial charge in [0.2, 0.25) is 0 Å². The molecule has 3 aromatic heterocycles. The van der Waals surface area contributed by atoms with Crippen LogP contribution in [-0.2, 0) is 4.74 Å². The Morgan fingerprint density at radius 2 is 1.82 bits per heavy atom. The van der Waals surface area contributed by atoms with Crippen molar-refractivity contribution >= 4 is 45.1 Å². The first-order valence-corrected chi connectivity index (χ1v) is 12.4. The normalized spacial score (nSPS) is 11.2. The molecule has 1 aromatic carbocycles. The minimum atomic E-state index is -0.340. The van der Waals surface area contributed by atoms with E-state index >= 15 is 0 Å². The van der Waals surface area contributed by atoms with Crippen LogP contribution in [0.5, 0.6) is 0 Å². The average Bonchev–Trinajstić information content (AvgIpc) is 3.27. The maximum atomic E-state index is 13.1. The number of esters is 1. The third-order valence-corrected chi connectivity index (χ3v) is 7.74. The zero-order chi connectivity index (χ0) is 23.7. The number of ketones is 1. The van der Waals surface area contributed by atoms with Crippen LogP contribution in [0.4, 0.5) is 0 Å². The Balaban J connectivity index is 1.56. The minimum Gasteiger partial charge on any atom is -0.462 e. The number of Topliss-reactive ketones (excluding diaryl/α,β-unsaturated/α-hetero) is 1. The Morgan fingerprint density at radius 3 is 2.52 bits per heavy atom. The van der Waals surface area contributed by atoms with Gasteiger partial charge in [-0.2, -0.15) is 0 Å². The molecule has 4 rings (SSSR count).